The van der Waals surface area contributed by atoms with Crippen molar-refractivity contribution in [3.05, 3.63) is 17.5 Å². The number of aryl methyl sites for hydroxylation is 1. The summed E-state index contributed by atoms with van der Waals surface area (Å²) in [4.78, 5) is 8.23. The van der Waals surface area contributed by atoms with Crippen molar-refractivity contribution in [3.8, 4) is 6.01 Å². The standard InChI is InChI=1S/C10H16N2O2/c1-4-14-6-5-9-7-11-10(13-3)12-8(9)2/h7H,4-6H2,1-3H3. The lowest BCUT2D eigenvalue weighted by atomic mass is 10.2. The summed E-state index contributed by atoms with van der Waals surface area (Å²) in [5, 5.41) is 0. The minimum Gasteiger partial charge on any atom is -0.467 e. The van der Waals surface area contributed by atoms with Gasteiger partial charge in [-0.25, -0.2) is 9.97 Å². The predicted octanol–water partition coefficient (Wildman–Crippen LogP) is 1.37. The van der Waals surface area contributed by atoms with Crippen LogP contribution < -0.4 is 4.74 Å². The monoisotopic (exact) mass is 196 g/mol. The molecule has 4 heteroatoms. The van der Waals surface area contributed by atoms with Gasteiger partial charge in [-0.2, -0.15) is 0 Å². The summed E-state index contributed by atoms with van der Waals surface area (Å²) >= 11 is 0. The molecular weight excluding hydrogens is 180 g/mol. The van der Waals surface area contributed by atoms with Crippen LogP contribution in [-0.2, 0) is 11.2 Å². The first-order valence-corrected chi connectivity index (χ1v) is 4.72. The molecule has 14 heavy (non-hydrogen) atoms. The zero-order chi connectivity index (χ0) is 10.4. The van der Waals surface area contributed by atoms with Gasteiger partial charge >= 0.3 is 6.01 Å². The van der Waals surface area contributed by atoms with Gasteiger partial charge in [0.15, 0.2) is 0 Å². The van der Waals surface area contributed by atoms with E-state index in [1.165, 1.54) is 0 Å². The van der Waals surface area contributed by atoms with Crippen molar-refractivity contribution < 1.29 is 9.47 Å². The van der Waals surface area contributed by atoms with Gasteiger partial charge in [-0.3, -0.25) is 0 Å². The highest BCUT2D eigenvalue weighted by molar-refractivity contribution is 5.17. The first kappa shape index (κ1) is 10.9. The molecule has 0 saturated carbocycles. The van der Waals surface area contributed by atoms with Crippen LogP contribution in [0.25, 0.3) is 0 Å². The molecule has 1 heterocycles. The van der Waals surface area contributed by atoms with Gasteiger partial charge in [-0.1, -0.05) is 0 Å². The maximum Gasteiger partial charge on any atom is 0.316 e. The fraction of sp³-hybridized carbons (Fsp3) is 0.600. The van der Waals surface area contributed by atoms with Crippen molar-refractivity contribution >= 4 is 0 Å². The molecule has 4 nitrogen and oxygen atoms in total. The summed E-state index contributed by atoms with van der Waals surface area (Å²) in [6, 6.07) is 0.419. The number of ether oxygens (including phenoxy) is 2. The molecule has 1 aromatic heterocycles. The Balaban J connectivity index is 2.59. The van der Waals surface area contributed by atoms with E-state index < -0.39 is 0 Å². The molecule has 0 N–H and O–H groups in total. The molecule has 0 aliphatic rings. The van der Waals surface area contributed by atoms with Crippen molar-refractivity contribution in [3.63, 3.8) is 0 Å². The van der Waals surface area contributed by atoms with Crippen molar-refractivity contribution in [2.45, 2.75) is 20.3 Å². The predicted molar refractivity (Wildman–Crippen MR) is 53.5 cm³/mol. The Hall–Kier alpha value is -1.16. The van der Waals surface area contributed by atoms with Crippen molar-refractivity contribution in [2.24, 2.45) is 0 Å². The second kappa shape index (κ2) is 5.54. The molecule has 0 aliphatic heterocycles. The Labute approximate surface area is 84.3 Å². The fourth-order valence-corrected chi connectivity index (χ4v) is 1.14. The maximum atomic E-state index is 5.26. The summed E-state index contributed by atoms with van der Waals surface area (Å²) in [6.07, 6.45) is 2.64. The lowest BCUT2D eigenvalue weighted by molar-refractivity contribution is 0.150. The van der Waals surface area contributed by atoms with Crippen LogP contribution in [0.5, 0.6) is 6.01 Å². The maximum absolute atomic E-state index is 5.26. The van der Waals surface area contributed by atoms with Crippen LogP contribution >= 0.6 is 0 Å². The molecule has 0 amide bonds. The third kappa shape index (κ3) is 2.96. The Kier molecular flexibility index (Phi) is 4.32. The molecular formula is C10H16N2O2. The lowest BCUT2D eigenvalue weighted by Crippen LogP contribution is -2.03. The van der Waals surface area contributed by atoms with Crippen molar-refractivity contribution in [1.82, 2.24) is 9.97 Å². The minimum atomic E-state index is 0.419. The van der Waals surface area contributed by atoms with Gasteiger partial charge in [0.2, 0.25) is 0 Å². The van der Waals surface area contributed by atoms with Crippen LogP contribution in [0.3, 0.4) is 0 Å². The third-order valence-corrected chi connectivity index (χ3v) is 1.96. The summed E-state index contributed by atoms with van der Waals surface area (Å²) < 4.78 is 10.2. The van der Waals surface area contributed by atoms with Gasteiger partial charge < -0.3 is 9.47 Å². The average Bonchev–Trinajstić information content (AvgIpc) is 2.20. The van der Waals surface area contributed by atoms with E-state index in [1.807, 2.05) is 13.8 Å². The summed E-state index contributed by atoms with van der Waals surface area (Å²) in [7, 11) is 1.56. The van der Waals surface area contributed by atoms with E-state index >= 15 is 0 Å². The van der Waals surface area contributed by atoms with Crippen LogP contribution in [0.15, 0.2) is 6.20 Å². The first-order chi connectivity index (χ1) is 6.77. The highest BCUT2D eigenvalue weighted by atomic mass is 16.5. The number of hydrogen-bond acceptors (Lipinski definition) is 4. The molecule has 1 aromatic rings. The molecule has 0 radical (unpaired) electrons. The molecule has 0 unspecified atom stereocenters. The van der Waals surface area contributed by atoms with E-state index in [2.05, 4.69) is 9.97 Å². The number of nitrogens with zero attached hydrogens (tertiary/aromatic N) is 2. The Bertz CT molecular complexity index is 289. The lowest BCUT2D eigenvalue weighted by Gasteiger charge is -2.05. The topological polar surface area (TPSA) is 44.2 Å². The zero-order valence-corrected chi connectivity index (χ0v) is 8.91. The Morgan fingerprint density at radius 1 is 1.43 bits per heavy atom. The van der Waals surface area contributed by atoms with Gasteiger partial charge in [0.05, 0.1) is 13.7 Å². The zero-order valence-electron chi connectivity index (χ0n) is 8.91. The van der Waals surface area contributed by atoms with Crippen LogP contribution in [-0.4, -0.2) is 30.3 Å². The molecule has 78 valence electrons. The molecule has 0 spiro atoms. The van der Waals surface area contributed by atoms with Gasteiger partial charge in [-0.15, -0.1) is 0 Å². The van der Waals surface area contributed by atoms with E-state index in [0.29, 0.717) is 12.6 Å². The van der Waals surface area contributed by atoms with Crippen molar-refractivity contribution in [2.75, 3.05) is 20.3 Å². The van der Waals surface area contributed by atoms with Crippen LogP contribution in [0.4, 0.5) is 0 Å². The third-order valence-electron chi connectivity index (χ3n) is 1.96. The second-order valence-electron chi connectivity index (χ2n) is 2.91. The van der Waals surface area contributed by atoms with Gasteiger partial charge in [0.1, 0.15) is 0 Å². The summed E-state index contributed by atoms with van der Waals surface area (Å²) in [5.74, 6) is 0. The second-order valence-corrected chi connectivity index (χ2v) is 2.91. The Morgan fingerprint density at radius 2 is 2.21 bits per heavy atom. The molecule has 0 aromatic carbocycles. The van der Waals surface area contributed by atoms with Gasteiger partial charge in [0, 0.05) is 18.5 Å². The highest BCUT2D eigenvalue weighted by Gasteiger charge is 2.02. The number of rotatable bonds is 5. The van der Waals surface area contributed by atoms with Gasteiger partial charge in [-0.05, 0) is 25.8 Å². The number of methoxy groups -OCH3 is 1. The first-order valence-electron chi connectivity index (χ1n) is 4.72. The van der Waals surface area contributed by atoms with Crippen LogP contribution in [0, 0.1) is 6.92 Å². The van der Waals surface area contributed by atoms with Crippen LogP contribution in [0.1, 0.15) is 18.2 Å². The fourth-order valence-electron chi connectivity index (χ4n) is 1.14. The largest absolute Gasteiger partial charge is 0.467 e. The van der Waals surface area contributed by atoms with E-state index in [1.54, 1.807) is 13.3 Å². The van der Waals surface area contributed by atoms with Crippen molar-refractivity contribution in [1.29, 1.82) is 0 Å². The average molecular weight is 196 g/mol. The summed E-state index contributed by atoms with van der Waals surface area (Å²) in [5.41, 5.74) is 2.07. The quantitative estimate of drug-likeness (QED) is 0.667. The number of aromatic nitrogens is 2. The molecule has 0 aliphatic carbocycles. The molecule has 0 atom stereocenters. The molecule has 0 bridgehead atoms. The van der Waals surface area contributed by atoms with E-state index in [4.69, 9.17) is 9.47 Å². The molecule has 0 fully saturated rings. The Morgan fingerprint density at radius 3 is 2.79 bits per heavy atom. The normalized spacial score (nSPS) is 10.2. The van der Waals surface area contributed by atoms with E-state index in [9.17, 15) is 0 Å². The molecule has 1 rings (SSSR count). The van der Waals surface area contributed by atoms with Crippen LogP contribution in [0.2, 0.25) is 0 Å². The SMILES string of the molecule is CCOCCc1cnc(OC)nc1C. The summed E-state index contributed by atoms with van der Waals surface area (Å²) in [6.45, 7) is 5.39. The molecule has 0 saturated heterocycles. The number of hydrogen-bond donors (Lipinski definition) is 0. The van der Waals surface area contributed by atoms with E-state index in [-0.39, 0.29) is 0 Å². The smallest absolute Gasteiger partial charge is 0.316 e. The highest BCUT2D eigenvalue weighted by Crippen LogP contribution is 2.08. The minimum absolute atomic E-state index is 0.419. The van der Waals surface area contributed by atoms with E-state index in [0.717, 1.165) is 24.3 Å². The van der Waals surface area contributed by atoms with Gasteiger partial charge in [0.25, 0.3) is 0 Å².